The van der Waals surface area contributed by atoms with Crippen molar-refractivity contribution < 1.29 is 65.2 Å². The van der Waals surface area contributed by atoms with Crippen molar-refractivity contribution in [1.82, 2.24) is 10.6 Å². The van der Waals surface area contributed by atoms with E-state index in [4.69, 9.17) is 48.3 Å². The van der Waals surface area contributed by atoms with Gasteiger partial charge in [-0.3, -0.25) is 9.59 Å². The van der Waals surface area contributed by atoms with Gasteiger partial charge in [0.1, 0.15) is 23.2 Å². The van der Waals surface area contributed by atoms with Crippen molar-refractivity contribution in [2.24, 2.45) is 4.99 Å². The van der Waals surface area contributed by atoms with Crippen LogP contribution in [0.2, 0.25) is 0 Å². The van der Waals surface area contributed by atoms with Gasteiger partial charge in [0.05, 0.1) is 33.9 Å². The smallest absolute Gasteiger partial charge is 0.143 e. The van der Waals surface area contributed by atoms with Gasteiger partial charge in [-0.2, -0.15) is 0 Å². The molecule has 0 saturated carbocycles. The fraction of sp³-hybridized carbons (Fsp3) is 0.459. The van der Waals surface area contributed by atoms with Crippen LogP contribution in [0.4, 0.5) is 5.69 Å². The van der Waals surface area contributed by atoms with Gasteiger partial charge in [0, 0.05) is 20.1 Å². The third-order valence-electron chi connectivity index (χ3n) is 20.5. The predicted octanol–water partition coefficient (Wildman–Crippen LogP) is 9.39. The maximum Gasteiger partial charge on any atom is 0.143 e. The van der Waals surface area contributed by atoms with E-state index in [0.29, 0.717) is 56.4 Å². The maximum atomic E-state index is 16.1. The summed E-state index contributed by atoms with van der Waals surface area (Å²) in [5.41, 5.74) is 0.873. The third kappa shape index (κ3) is 12.4. The zero-order valence-electron chi connectivity index (χ0n) is 57.6. The summed E-state index contributed by atoms with van der Waals surface area (Å²) in [6.45, 7) is 27.9. The van der Waals surface area contributed by atoms with Crippen LogP contribution in [0.25, 0.3) is 5.57 Å². The van der Waals surface area contributed by atoms with Crippen LogP contribution in [0.3, 0.4) is 0 Å². The Morgan fingerprint density at radius 2 is 1.20 bits per heavy atom. The second-order valence-electron chi connectivity index (χ2n) is 28.4. The Labute approximate surface area is 563 Å². The fourth-order valence-corrected chi connectivity index (χ4v) is 24.2. The van der Waals surface area contributed by atoms with Crippen LogP contribution >= 0.6 is 0 Å². The molecule has 506 valence electrons. The molecular weight excluding hydrogens is 1330 g/mol. The van der Waals surface area contributed by atoms with Crippen molar-refractivity contribution in [3.8, 4) is 23.0 Å². The molecule has 6 aromatic rings. The number of benzene rings is 6. The van der Waals surface area contributed by atoms with Gasteiger partial charge in [0.25, 0.3) is 0 Å². The Kier molecular flexibility index (Phi) is 18.6. The molecule has 0 bridgehead atoms. The van der Waals surface area contributed by atoms with Crippen LogP contribution in [0.15, 0.2) is 120 Å². The number of rotatable bonds is 22. The average molecular weight is 1430 g/mol. The molecule has 3 N–H and O–H groups in total. The summed E-state index contributed by atoms with van der Waals surface area (Å²) in [5, 5.41) is 10.4. The number of anilines is 1. The summed E-state index contributed by atoms with van der Waals surface area (Å²) < 4.78 is 97.5. The summed E-state index contributed by atoms with van der Waals surface area (Å²) in [7, 11) is 4.71. The summed E-state index contributed by atoms with van der Waals surface area (Å²) >= 11 is -10.4. The fourth-order valence-electron chi connectivity index (χ4n) is 12.8. The zero-order valence-corrected chi connectivity index (χ0v) is 61.4. The number of nitrogens with one attached hydrogen (secondary N) is 3. The second-order valence-corrected chi connectivity index (χ2v) is 36.0. The Bertz CT molecular complexity index is 4120. The first-order valence-corrected chi connectivity index (χ1v) is 39.0. The minimum Gasteiger partial charge on any atom is -0.497 e. The average Bonchev–Trinajstić information content (AvgIpc) is 1.61. The number of hydrogen-bond donors (Lipinski definition) is 3. The van der Waals surface area contributed by atoms with E-state index >= 15 is 7.48 Å². The summed E-state index contributed by atoms with van der Waals surface area (Å²) in [5.74, 6) is 0.527. The minimum absolute atomic E-state index is 0.0643. The van der Waals surface area contributed by atoms with Gasteiger partial charge in [-0.25, -0.2) is 0 Å². The molecular formula is C74H90As2N4O15. The number of amides is 2. The van der Waals surface area contributed by atoms with Gasteiger partial charge in [-0.15, -0.1) is 0 Å². The first-order chi connectivity index (χ1) is 44.7. The molecule has 6 aromatic carbocycles. The van der Waals surface area contributed by atoms with Crippen LogP contribution in [-0.2, 0) is 62.6 Å². The van der Waals surface area contributed by atoms with E-state index in [2.05, 4.69) is 62.7 Å². The van der Waals surface area contributed by atoms with E-state index in [-0.39, 0.29) is 83.3 Å². The first-order valence-electron chi connectivity index (χ1n) is 32.5. The molecule has 5 aliphatic heterocycles. The molecule has 95 heavy (non-hydrogen) atoms. The molecule has 3 atom stereocenters. The predicted molar refractivity (Wildman–Crippen MR) is 362 cm³/mol. The van der Waals surface area contributed by atoms with Gasteiger partial charge in [0.15, 0.2) is 0 Å². The Balaban J connectivity index is 0.902. The van der Waals surface area contributed by atoms with E-state index in [9.17, 15) is 14.4 Å². The molecule has 0 aliphatic carbocycles. The van der Waals surface area contributed by atoms with Crippen molar-refractivity contribution >= 4 is 66.1 Å². The number of methoxy groups -OCH3 is 2. The third-order valence-corrected chi connectivity index (χ3v) is 30.5. The van der Waals surface area contributed by atoms with Crippen LogP contribution in [0, 0.1) is 0 Å². The van der Waals surface area contributed by atoms with Crippen molar-refractivity contribution in [3.63, 3.8) is 0 Å². The standard InChI is InChI=1S/C74H90As2N4O15/c1-44-68(3,4)56-40-54-60(55-41-57-64(80-45(2)69(57,5)6)62(76(85)94-72(11,12)73(13,14)95-76)66(55)91-65(54)61(63(56)79-44)75(84)92-70(7,8)71(9,10)93-75)46-24-26-47(27-25-46)67(83)78-38-21-39-88-42-53(90-59(82)37-36-58(81)77-15)43-89-74(48-22-19-18-20-23-48,49-28-32-51(86-16)33-29-49)50-30-34-52(87-17)35-31-50/h18-20,22-35,40-41,44-45,53,79H,21,36-39,42-43H2,1-17H3,(H,77,81)(H,78,83). The Morgan fingerprint density at radius 1 is 0.653 bits per heavy atom. The number of carbonyl (C=O) groups excluding carboxylic acids is 3. The molecule has 0 aromatic heterocycles. The van der Waals surface area contributed by atoms with Crippen molar-refractivity contribution in [3.05, 3.63) is 170 Å². The Hall–Kier alpha value is -6.92. The van der Waals surface area contributed by atoms with Crippen LogP contribution in [0.5, 0.6) is 23.0 Å². The molecule has 11 rings (SSSR count). The van der Waals surface area contributed by atoms with Crippen LogP contribution in [0.1, 0.15) is 165 Å². The number of hydrogen-bond acceptors (Lipinski definition) is 17. The normalized spacial score (nSPS) is 20.9. The number of ether oxygens (including phenoxy) is 6. The molecule has 0 spiro atoms. The molecule has 0 radical (unpaired) electrons. The topological polar surface area (TPSA) is 226 Å². The van der Waals surface area contributed by atoms with Gasteiger partial charge < -0.3 is 29.0 Å². The maximum absolute atomic E-state index is 16.1. The first kappa shape index (κ1) is 69.4. The van der Waals surface area contributed by atoms with E-state index in [0.717, 1.165) is 27.8 Å². The van der Waals surface area contributed by atoms with Crippen molar-refractivity contribution in [1.29, 1.82) is 0 Å². The van der Waals surface area contributed by atoms with E-state index < -0.39 is 79.3 Å². The molecule has 3 unspecified atom stereocenters. The monoisotopic (exact) mass is 1420 g/mol. The summed E-state index contributed by atoms with van der Waals surface area (Å²) in [4.78, 5) is 45.1. The van der Waals surface area contributed by atoms with Gasteiger partial charge in [-0.05, 0) is 41.0 Å². The van der Waals surface area contributed by atoms with E-state index in [1.165, 1.54) is 7.05 Å². The van der Waals surface area contributed by atoms with Gasteiger partial charge in [-0.1, -0.05) is 54.6 Å². The second kappa shape index (κ2) is 25.5. The molecule has 2 saturated heterocycles. The number of fused-ring (bicyclic) bond motifs is 4. The largest absolute Gasteiger partial charge is 0.497 e. The van der Waals surface area contributed by atoms with Crippen LogP contribution < -0.4 is 49.4 Å². The zero-order chi connectivity index (χ0) is 68.6. The summed E-state index contributed by atoms with van der Waals surface area (Å²) in [6.07, 6.45) is -0.760. The van der Waals surface area contributed by atoms with Gasteiger partial charge >= 0.3 is 349 Å². The van der Waals surface area contributed by atoms with E-state index in [1.54, 1.807) is 26.4 Å². The molecule has 5 heterocycles. The number of carbonyl (C=O) groups is 3. The van der Waals surface area contributed by atoms with Crippen molar-refractivity contribution in [2.75, 3.05) is 52.9 Å². The van der Waals surface area contributed by atoms with Crippen LogP contribution in [-0.4, -0.2) is 134 Å². The van der Waals surface area contributed by atoms with Gasteiger partial charge in [0.2, 0.25) is 5.91 Å². The quantitative estimate of drug-likeness (QED) is 0.0249. The molecule has 5 aliphatic rings. The molecule has 19 nitrogen and oxygen atoms in total. The SMILES string of the molecule is CNC(=O)CCC(=O)OC(COCCCNC(=O)c1ccc(C2=c3cc4c(c([As]5(=O)OC(C)(C)C(C)(C)O5)c3Oc3c2cc2c(c3[As]3(=O)OC(C)(C)C(C)(C)O3)NC(C)C2(C)C)=NC(C)C4(C)C)cc1)COC(c1ccccc1)(c1ccc(OC)cc1)c1ccc(OC)cc1. The number of nitrogens with zero attached hydrogens (tertiary/aromatic N) is 1. The van der Waals surface area contributed by atoms with E-state index in [1.807, 2.05) is 153 Å². The van der Waals surface area contributed by atoms with Crippen molar-refractivity contribution in [2.45, 2.75) is 173 Å². The molecule has 2 fully saturated rings. The minimum atomic E-state index is -5.23. The molecule has 21 heteroatoms. The summed E-state index contributed by atoms with van der Waals surface area (Å²) in [6, 6.07) is 36.0. The molecule has 2 amide bonds. The Morgan fingerprint density at radius 3 is 1.75 bits per heavy atom. The number of esters is 1.